The van der Waals surface area contributed by atoms with Crippen LogP contribution in [0.4, 0.5) is 4.39 Å². The van der Waals surface area contributed by atoms with Crippen LogP contribution in [0.2, 0.25) is 0 Å². The van der Waals surface area contributed by atoms with E-state index >= 15 is 0 Å². The average molecular weight is 495 g/mol. The van der Waals surface area contributed by atoms with Gasteiger partial charge in [0.05, 0.1) is 18.7 Å². The Bertz CT molecular complexity index is 1170. The first kappa shape index (κ1) is 26.0. The Balaban J connectivity index is 1.34. The maximum Gasteiger partial charge on any atom is 0.303 e. The number of benzene rings is 2. The Morgan fingerprint density at radius 3 is 2.86 bits per heavy atom. The van der Waals surface area contributed by atoms with Gasteiger partial charge in [0.1, 0.15) is 11.6 Å². The number of likely N-dealkylation sites (tertiary alicyclic amines) is 1. The van der Waals surface area contributed by atoms with E-state index in [2.05, 4.69) is 9.88 Å². The lowest BCUT2D eigenvalue weighted by Gasteiger charge is -2.38. The summed E-state index contributed by atoms with van der Waals surface area (Å²) in [5.74, 6) is 0.0234. The highest BCUT2D eigenvalue weighted by Gasteiger charge is 2.31. The molecule has 1 aliphatic rings. The molecule has 1 aromatic heterocycles. The van der Waals surface area contributed by atoms with Crippen molar-refractivity contribution in [3.05, 3.63) is 71.7 Å². The first-order chi connectivity index (χ1) is 17.4. The van der Waals surface area contributed by atoms with Crippen molar-refractivity contribution in [1.29, 1.82) is 0 Å². The number of aryl methyl sites for hydroxylation is 1. The zero-order chi connectivity index (χ0) is 25.5. The van der Waals surface area contributed by atoms with E-state index in [0.29, 0.717) is 6.42 Å². The van der Waals surface area contributed by atoms with Crippen molar-refractivity contribution in [2.75, 3.05) is 26.7 Å². The molecule has 4 rings (SSSR count). The minimum atomic E-state index is -0.778. The number of fused-ring (bicyclic) bond motifs is 1. The summed E-state index contributed by atoms with van der Waals surface area (Å²) in [4.78, 5) is 18.3. The Morgan fingerprint density at radius 1 is 1.22 bits per heavy atom. The predicted molar refractivity (Wildman–Crippen MR) is 137 cm³/mol. The van der Waals surface area contributed by atoms with Crippen LogP contribution >= 0.6 is 0 Å². The molecule has 0 spiro atoms. The Kier molecular flexibility index (Phi) is 8.88. The number of carboxylic acids is 1. The number of aliphatic hydroxyl groups is 1. The molecule has 0 amide bonds. The van der Waals surface area contributed by atoms with E-state index < -0.39 is 12.1 Å². The van der Waals surface area contributed by atoms with Gasteiger partial charge in [0.15, 0.2) is 0 Å². The standard InChI is InChI=1S/C29H35FN2O4/c1-36-24-8-9-27-26(18-24)25(11-13-31-27)28(33)10-7-21-12-15-32(19-22(21)17-29(34)35)14-3-5-20-4-2-6-23(30)16-20/h2,4,6,8-9,11,13,16,18,21-22,28,33H,3,5,7,10,12,14-15,17,19H2,1H3,(H,34,35)/t21-,22+,28?/m1/s1. The van der Waals surface area contributed by atoms with Crippen LogP contribution in [0.15, 0.2) is 54.7 Å². The molecule has 192 valence electrons. The van der Waals surface area contributed by atoms with E-state index in [0.717, 1.165) is 73.1 Å². The molecular formula is C29H35FN2O4. The van der Waals surface area contributed by atoms with Crippen LogP contribution in [-0.4, -0.2) is 52.8 Å². The molecule has 0 bridgehead atoms. The molecular weight excluding hydrogens is 459 g/mol. The van der Waals surface area contributed by atoms with Crippen molar-refractivity contribution in [3.8, 4) is 5.75 Å². The minimum absolute atomic E-state index is 0.0481. The summed E-state index contributed by atoms with van der Waals surface area (Å²) >= 11 is 0. The number of carbonyl (C=O) groups is 1. The monoisotopic (exact) mass is 494 g/mol. The Labute approximate surface area is 211 Å². The summed E-state index contributed by atoms with van der Waals surface area (Å²) in [6, 6.07) is 14.2. The fourth-order valence-electron chi connectivity index (χ4n) is 5.49. The van der Waals surface area contributed by atoms with Gasteiger partial charge in [-0.3, -0.25) is 9.78 Å². The number of piperidine rings is 1. The summed E-state index contributed by atoms with van der Waals surface area (Å²) in [6.45, 7) is 2.52. The van der Waals surface area contributed by atoms with Crippen LogP contribution in [-0.2, 0) is 11.2 Å². The normalized spacial score (nSPS) is 19.3. The van der Waals surface area contributed by atoms with Crippen molar-refractivity contribution in [2.45, 2.75) is 44.6 Å². The number of hydrogen-bond donors (Lipinski definition) is 2. The van der Waals surface area contributed by atoms with Crippen molar-refractivity contribution in [2.24, 2.45) is 11.8 Å². The number of ether oxygens (including phenoxy) is 1. The molecule has 0 aliphatic carbocycles. The first-order valence-electron chi connectivity index (χ1n) is 12.7. The van der Waals surface area contributed by atoms with Crippen LogP contribution in [0.1, 0.15) is 49.3 Å². The highest BCUT2D eigenvalue weighted by Crippen LogP contribution is 2.34. The van der Waals surface area contributed by atoms with E-state index in [1.54, 1.807) is 25.4 Å². The molecule has 1 fully saturated rings. The van der Waals surface area contributed by atoms with E-state index in [9.17, 15) is 19.4 Å². The van der Waals surface area contributed by atoms with E-state index in [1.165, 1.54) is 6.07 Å². The number of nitrogens with zero attached hydrogens (tertiary/aromatic N) is 2. The van der Waals surface area contributed by atoms with Gasteiger partial charge < -0.3 is 19.8 Å². The molecule has 0 saturated carbocycles. The zero-order valence-electron chi connectivity index (χ0n) is 20.8. The number of hydrogen-bond acceptors (Lipinski definition) is 5. The molecule has 3 atom stereocenters. The molecule has 7 heteroatoms. The molecule has 36 heavy (non-hydrogen) atoms. The number of methoxy groups -OCH3 is 1. The van der Waals surface area contributed by atoms with Gasteiger partial charge in [-0.05, 0) is 105 Å². The molecule has 0 radical (unpaired) electrons. The van der Waals surface area contributed by atoms with E-state index in [-0.39, 0.29) is 24.1 Å². The van der Waals surface area contributed by atoms with Gasteiger partial charge >= 0.3 is 5.97 Å². The SMILES string of the molecule is COc1ccc2nccc(C(O)CC[C@@H]3CCN(CCCc4cccc(F)c4)C[C@@H]3CC(=O)O)c2c1. The van der Waals surface area contributed by atoms with E-state index in [4.69, 9.17) is 4.74 Å². The first-order valence-corrected chi connectivity index (χ1v) is 12.7. The summed E-state index contributed by atoms with van der Waals surface area (Å²) in [6.07, 6.45) is 5.15. The predicted octanol–water partition coefficient (Wildman–Crippen LogP) is 5.24. The lowest BCUT2D eigenvalue weighted by Crippen LogP contribution is -2.42. The van der Waals surface area contributed by atoms with E-state index in [1.807, 2.05) is 30.3 Å². The number of aliphatic hydroxyl groups excluding tert-OH is 1. The summed E-state index contributed by atoms with van der Waals surface area (Å²) < 4.78 is 18.8. The fourth-order valence-corrected chi connectivity index (χ4v) is 5.49. The van der Waals surface area contributed by atoms with Crippen LogP contribution in [0.3, 0.4) is 0 Å². The Morgan fingerprint density at radius 2 is 2.08 bits per heavy atom. The number of halogens is 1. The van der Waals surface area contributed by atoms with Gasteiger partial charge in [-0.1, -0.05) is 12.1 Å². The van der Waals surface area contributed by atoms with Crippen molar-refractivity contribution < 1.29 is 24.1 Å². The molecule has 2 N–H and O–H groups in total. The van der Waals surface area contributed by atoms with Crippen molar-refractivity contribution in [1.82, 2.24) is 9.88 Å². The number of carboxylic acid groups (broad SMARTS) is 1. The second-order valence-electron chi connectivity index (χ2n) is 9.82. The second-order valence-corrected chi connectivity index (χ2v) is 9.82. The van der Waals surface area contributed by atoms with Crippen LogP contribution in [0.25, 0.3) is 10.9 Å². The lowest BCUT2D eigenvalue weighted by atomic mass is 9.79. The highest BCUT2D eigenvalue weighted by molar-refractivity contribution is 5.83. The molecule has 3 aromatic rings. The quantitative estimate of drug-likeness (QED) is 0.379. The number of pyridine rings is 1. The summed E-state index contributed by atoms with van der Waals surface area (Å²) in [5.41, 5.74) is 2.62. The molecule has 6 nitrogen and oxygen atoms in total. The molecule has 2 heterocycles. The van der Waals surface area contributed by atoms with Crippen LogP contribution in [0.5, 0.6) is 5.75 Å². The van der Waals surface area contributed by atoms with Crippen molar-refractivity contribution in [3.63, 3.8) is 0 Å². The summed E-state index contributed by atoms with van der Waals surface area (Å²) in [5, 5.41) is 21.5. The third-order valence-electron chi connectivity index (χ3n) is 7.39. The molecule has 1 unspecified atom stereocenters. The number of aliphatic carboxylic acids is 1. The van der Waals surface area contributed by atoms with Gasteiger partial charge in [0, 0.05) is 24.5 Å². The number of aromatic nitrogens is 1. The molecule has 2 aromatic carbocycles. The lowest BCUT2D eigenvalue weighted by molar-refractivity contribution is -0.139. The topological polar surface area (TPSA) is 82.9 Å². The minimum Gasteiger partial charge on any atom is -0.497 e. The average Bonchev–Trinajstić information content (AvgIpc) is 2.87. The maximum atomic E-state index is 13.4. The van der Waals surface area contributed by atoms with Gasteiger partial charge in [-0.15, -0.1) is 0 Å². The third-order valence-corrected chi connectivity index (χ3v) is 7.39. The van der Waals surface area contributed by atoms with Gasteiger partial charge in [0.2, 0.25) is 0 Å². The highest BCUT2D eigenvalue weighted by atomic mass is 19.1. The van der Waals surface area contributed by atoms with Crippen molar-refractivity contribution >= 4 is 16.9 Å². The largest absolute Gasteiger partial charge is 0.497 e. The fraction of sp³-hybridized carbons (Fsp3) is 0.448. The van der Waals surface area contributed by atoms with Crippen LogP contribution in [0, 0.1) is 17.7 Å². The molecule has 1 aliphatic heterocycles. The van der Waals surface area contributed by atoms with Gasteiger partial charge in [-0.2, -0.15) is 0 Å². The summed E-state index contributed by atoms with van der Waals surface area (Å²) in [7, 11) is 1.62. The smallest absolute Gasteiger partial charge is 0.303 e. The number of rotatable bonds is 11. The Hall–Kier alpha value is -3.03. The second kappa shape index (κ2) is 12.3. The molecule has 1 saturated heterocycles. The van der Waals surface area contributed by atoms with Gasteiger partial charge in [0.25, 0.3) is 0 Å². The van der Waals surface area contributed by atoms with Crippen LogP contribution < -0.4 is 4.74 Å². The zero-order valence-corrected chi connectivity index (χ0v) is 20.8. The maximum absolute atomic E-state index is 13.4. The van der Waals surface area contributed by atoms with Gasteiger partial charge in [-0.25, -0.2) is 4.39 Å². The third kappa shape index (κ3) is 6.80.